The lowest BCUT2D eigenvalue weighted by molar-refractivity contribution is -0.107. The second kappa shape index (κ2) is 6.57. The van der Waals surface area contributed by atoms with Crippen molar-refractivity contribution < 1.29 is 22.4 Å². The summed E-state index contributed by atoms with van der Waals surface area (Å²) in [4.78, 5) is 19.1. The van der Waals surface area contributed by atoms with Gasteiger partial charge in [0.25, 0.3) is 5.92 Å². The predicted molar refractivity (Wildman–Crippen MR) is 101 cm³/mol. The van der Waals surface area contributed by atoms with Crippen LogP contribution in [-0.2, 0) is 0 Å². The number of anilines is 2. The highest BCUT2D eigenvalue weighted by Gasteiger charge is 2.46. The molecule has 0 unspecified atom stereocenters. The van der Waals surface area contributed by atoms with Gasteiger partial charge >= 0.3 is 6.03 Å². The van der Waals surface area contributed by atoms with Crippen LogP contribution in [0.15, 0.2) is 36.7 Å². The van der Waals surface area contributed by atoms with E-state index >= 15 is 0 Å². The number of aromatic nitrogens is 3. The lowest BCUT2D eigenvalue weighted by atomic mass is 10.1. The number of nitrogens with zero attached hydrogens (tertiary/aromatic N) is 5. The molecule has 2 amide bonds. The number of halogens is 4. The van der Waals surface area contributed by atoms with Crippen LogP contribution in [0.5, 0.6) is 0 Å². The van der Waals surface area contributed by atoms with Gasteiger partial charge in [-0.05, 0) is 24.3 Å². The Bertz CT molecular complexity index is 1140. The molecule has 156 valence electrons. The number of rotatable bonds is 3. The summed E-state index contributed by atoms with van der Waals surface area (Å²) in [6, 6.07) is 4.97. The largest absolute Gasteiger partial charge is 0.364 e. The Labute approximate surface area is 167 Å². The molecule has 1 N–H and O–H groups in total. The molecule has 30 heavy (non-hydrogen) atoms. The Morgan fingerprint density at radius 2 is 1.97 bits per heavy atom. The first-order valence-corrected chi connectivity index (χ1v) is 9.25. The zero-order valence-electron chi connectivity index (χ0n) is 15.5. The Kier molecular flexibility index (Phi) is 4.09. The molecule has 2 aliphatic rings. The lowest BCUT2D eigenvalue weighted by Gasteiger charge is -2.38. The van der Waals surface area contributed by atoms with Crippen LogP contribution in [0.1, 0.15) is 0 Å². The normalized spacial score (nSPS) is 18.3. The summed E-state index contributed by atoms with van der Waals surface area (Å²) in [6.45, 7) is -0.682. The minimum Gasteiger partial charge on any atom is -0.364 e. The van der Waals surface area contributed by atoms with Gasteiger partial charge in [-0.2, -0.15) is 0 Å². The van der Waals surface area contributed by atoms with E-state index in [2.05, 4.69) is 15.4 Å². The summed E-state index contributed by atoms with van der Waals surface area (Å²) in [6.07, 6.45) is 2.32. The van der Waals surface area contributed by atoms with Crippen LogP contribution >= 0.6 is 0 Å². The molecule has 11 heteroatoms. The molecule has 0 aliphatic carbocycles. The van der Waals surface area contributed by atoms with Gasteiger partial charge in [0, 0.05) is 17.3 Å². The van der Waals surface area contributed by atoms with Crippen LogP contribution in [0.25, 0.3) is 16.7 Å². The minimum absolute atomic E-state index is 0.0639. The van der Waals surface area contributed by atoms with E-state index in [4.69, 9.17) is 0 Å². The van der Waals surface area contributed by atoms with Crippen molar-refractivity contribution in [2.45, 2.75) is 12.1 Å². The standard InChI is InChI=1S/C19H16F4N6O/c20-12-7-27(8-12)14-3-11-6-29(26-17(11)24-5-14)16-4-13(1-2-15(16)21)25-18(30)28-9-19(22,23)10-28/h1-6,12H,7-10H2,(H,25,30). The number of benzene rings is 1. The number of likely N-dealkylation sites (tertiary alicyclic amines) is 1. The monoisotopic (exact) mass is 420 g/mol. The molecule has 2 fully saturated rings. The number of fused-ring (bicyclic) bond motifs is 1. The maximum Gasteiger partial charge on any atom is 0.322 e. The van der Waals surface area contributed by atoms with E-state index in [9.17, 15) is 22.4 Å². The molecular weight excluding hydrogens is 404 g/mol. The number of urea groups is 1. The second-order valence-electron chi connectivity index (χ2n) is 7.49. The molecule has 0 spiro atoms. The van der Waals surface area contributed by atoms with Gasteiger partial charge in [0.2, 0.25) is 0 Å². The van der Waals surface area contributed by atoms with E-state index < -0.39 is 37.0 Å². The number of hydrogen-bond donors (Lipinski definition) is 1. The highest BCUT2D eigenvalue weighted by Crippen LogP contribution is 2.28. The highest BCUT2D eigenvalue weighted by atomic mass is 19.3. The van der Waals surface area contributed by atoms with Gasteiger partial charge in [0.15, 0.2) is 5.65 Å². The molecule has 0 atom stereocenters. The van der Waals surface area contributed by atoms with Crippen molar-refractivity contribution in [3.8, 4) is 5.69 Å². The van der Waals surface area contributed by atoms with Gasteiger partial charge in [-0.25, -0.2) is 32.0 Å². The van der Waals surface area contributed by atoms with E-state index in [1.165, 1.54) is 16.8 Å². The summed E-state index contributed by atoms with van der Waals surface area (Å²) < 4.78 is 54.7. The smallest absolute Gasteiger partial charge is 0.322 e. The van der Waals surface area contributed by atoms with Crippen LogP contribution in [0.3, 0.4) is 0 Å². The highest BCUT2D eigenvalue weighted by molar-refractivity contribution is 5.90. The molecule has 1 aromatic carbocycles. The number of carbonyl (C=O) groups is 1. The van der Waals surface area contributed by atoms with Crippen LogP contribution in [0.2, 0.25) is 0 Å². The molecule has 0 bridgehead atoms. The van der Waals surface area contributed by atoms with E-state index in [-0.39, 0.29) is 11.4 Å². The third-order valence-corrected chi connectivity index (χ3v) is 5.12. The Morgan fingerprint density at radius 1 is 1.20 bits per heavy atom. The average Bonchev–Trinajstić information content (AvgIpc) is 3.08. The zero-order valence-corrected chi connectivity index (χ0v) is 15.5. The van der Waals surface area contributed by atoms with E-state index in [0.717, 1.165) is 16.7 Å². The van der Waals surface area contributed by atoms with E-state index in [1.54, 1.807) is 18.5 Å². The van der Waals surface area contributed by atoms with Crippen molar-refractivity contribution in [1.29, 1.82) is 0 Å². The Morgan fingerprint density at radius 3 is 2.67 bits per heavy atom. The van der Waals surface area contributed by atoms with Gasteiger partial charge in [-0.1, -0.05) is 0 Å². The molecule has 7 nitrogen and oxygen atoms in total. The third kappa shape index (κ3) is 3.29. The van der Waals surface area contributed by atoms with E-state index in [1.807, 2.05) is 4.90 Å². The molecule has 5 rings (SSSR count). The molecule has 2 saturated heterocycles. The molecular formula is C19H16F4N6O. The Balaban J connectivity index is 1.38. The first-order valence-electron chi connectivity index (χ1n) is 9.25. The van der Waals surface area contributed by atoms with Gasteiger partial charge in [-0.3, -0.25) is 0 Å². The van der Waals surface area contributed by atoms with Crippen molar-refractivity contribution in [3.63, 3.8) is 0 Å². The number of amides is 2. The fraction of sp³-hybridized carbons (Fsp3) is 0.316. The first kappa shape index (κ1) is 18.6. The van der Waals surface area contributed by atoms with Gasteiger partial charge in [0.1, 0.15) is 17.7 Å². The van der Waals surface area contributed by atoms with Crippen molar-refractivity contribution in [2.24, 2.45) is 0 Å². The molecule has 3 aromatic rings. The van der Waals surface area contributed by atoms with E-state index in [0.29, 0.717) is 24.1 Å². The molecule has 2 aliphatic heterocycles. The molecule has 0 saturated carbocycles. The van der Waals surface area contributed by atoms with Crippen molar-refractivity contribution in [1.82, 2.24) is 19.7 Å². The average molecular weight is 420 g/mol. The maximum atomic E-state index is 14.4. The zero-order chi connectivity index (χ0) is 21.0. The van der Waals surface area contributed by atoms with Crippen molar-refractivity contribution in [3.05, 3.63) is 42.5 Å². The van der Waals surface area contributed by atoms with Crippen molar-refractivity contribution in [2.75, 3.05) is 36.4 Å². The van der Waals surface area contributed by atoms with Crippen LogP contribution in [-0.4, -0.2) is 64.0 Å². The number of alkyl halides is 3. The topological polar surface area (TPSA) is 66.3 Å². The quantitative estimate of drug-likeness (QED) is 0.661. The minimum atomic E-state index is -2.87. The number of nitrogens with one attached hydrogen (secondary N) is 1. The van der Waals surface area contributed by atoms with Crippen LogP contribution in [0, 0.1) is 5.82 Å². The van der Waals surface area contributed by atoms with Gasteiger partial charge in [-0.15, -0.1) is 5.10 Å². The number of hydrogen-bond acceptors (Lipinski definition) is 4. The molecule has 4 heterocycles. The van der Waals surface area contributed by atoms with Gasteiger partial charge < -0.3 is 15.1 Å². The first-order chi connectivity index (χ1) is 14.3. The maximum absolute atomic E-state index is 14.4. The molecule has 2 aromatic heterocycles. The number of pyridine rings is 1. The lowest BCUT2D eigenvalue weighted by Crippen LogP contribution is -2.59. The number of carbonyl (C=O) groups excluding carboxylic acids is 1. The third-order valence-electron chi connectivity index (χ3n) is 5.12. The Hall–Kier alpha value is -3.37. The summed E-state index contributed by atoms with van der Waals surface area (Å²) >= 11 is 0. The SMILES string of the molecule is O=C(Nc1ccc(F)c(-n2cc3cc(N4CC(F)C4)cnc3n2)c1)N1CC(F)(F)C1. The van der Waals surface area contributed by atoms with Crippen molar-refractivity contribution >= 4 is 28.4 Å². The molecule has 0 radical (unpaired) electrons. The van der Waals surface area contributed by atoms with Crippen LogP contribution < -0.4 is 10.2 Å². The second-order valence-corrected chi connectivity index (χ2v) is 7.49. The summed E-state index contributed by atoms with van der Waals surface area (Å²) in [5.41, 5.74) is 1.44. The van der Waals surface area contributed by atoms with Gasteiger partial charge in [0.05, 0.1) is 38.1 Å². The van der Waals surface area contributed by atoms with Crippen LogP contribution in [0.4, 0.5) is 33.7 Å². The fourth-order valence-corrected chi connectivity index (χ4v) is 3.46. The summed E-state index contributed by atoms with van der Waals surface area (Å²) in [5.74, 6) is -3.45. The fourth-order valence-electron chi connectivity index (χ4n) is 3.46. The summed E-state index contributed by atoms with van der Waals surface area (Å²) in [5, 5.41) is 7.38. The predicted octanol–water partition coefficient (Wildman–Crippen LogP) is 3.20. The summed E-state index contributed by atoms with van der Waals surface area (Å²) in [7, 11) is 0.